The van der Waals surface area contributed by atoms with E-state index in [9.17, 15) is 14.4 Å². The molecule has 0 fully saturated rings. The number of anilines is 2. The van der Waals surface area contributed by atoms with Gasteiger partial charge >= 0.3 is 0 Å². The maximum atomic E-state index is 12.7. The van der Waals surface area contributed by atoms with Gasteiger partial charge in [-0.25, -0.2) is 4.90 Å². The van der Waals surface area contributed by atoms with Crippen molar-refractivity contribution in [3.05, 3.63) is 82.3 Å². The molecule has 2 heterocycles. The van der Waals surface area contributed by atoms with Crippen LogP contribution in [0.3, 0.4) is 0 Å². The lowest BCUT2D eigenvalue weighted by Gasteiger charge is -2.17. The number of hydrogen-bond acceptors (Lipinski definition) is 4. The maximum absolute atomic E-state index is 12.7. The SMILES string of the molecule is Cc1cc(NC(=O)c2ccco2)ccc1N1C(=O)c2cccc(Cl)c2C1=O. The number of carbonyl (C=O) groups excluding carboxylic acids is 3. The number of hydrogen-bond donors (Lipinski definition) is 1. The van der Waals surface area contributed by atoms with Crippen LogP contribution in [0.2, 0.25) is 5.02 Å². The van der Waals surface area contributed by atoms with E-state index >= 15 is 0 Å². The molecule has 134 valence electrons. The molecule has 6 nitrogen and oxygen atoms in total. The summed E-state index contributed by atoms with van der Waals surface area (Å²) < 4.78 is 5.06. The molecule has 1 aromatic heterocycles. The Labute approximate surface area is 159 Å². The van der Waals surface area contributed by atoms with Gasteiger partial charge in [0.15, 0.2) is 5.76 Å². The van der Waals surface area contributed by atoms with E-state index in [0.29, 0.717) is 16.9 Å². The minimum absolute atomic E-state index is 0.187. The summed E-state index contributed by atoms with van der Waals surface area (Å²) in [6.45, 7) is 1.75. The van der Waals surface area contributed by atoms with Crippen LogP contribution in [-0.4, -0.2) is 17.7 Å². The van der Waals surface area contributed by atoms with Crippen molar-refractivity contribution in [3.8, 4) is 0 Å². The van der Waals surface area contributed by atoms with Gasteiger partial charge in [0.25, 0.3) is 17.7 Å². The number of halogens is 1. The molecule has 0 saturated heterocycles. The molecule has 1 N–H and O–H groups in total. The first kappa shape index (κ1) is 17.1. The molecule has 0 spiro atoms. The van der Waals surface area contributed by atoms with Crippen molar-refractivity contribution in [1.29, 1.82) is 0 Å². The summed E-state index contributed by atoms with van der Waals surface area (Å²) in [6.07, 6.45) is 1.41. The molecule has 2 aromatic carbocycles. The molecule has 1 aliphatic heterocycles. The highest BCUT2D eigenvalue weighted by atomic mass is 35.5. The fraction of sp³-hybridized carbons (Fsp3) is 0.0500. The average molecular weight is 381 g/mol. The number of nitrogens with zero attached hydrogens (tertiary/aromatic N) is 1. The summed E-state index contributed by atoms with van der Waals surface area (Å²) in [6, 6.07) is 12.9. The topological polar surface area (TPSA) is 79.6 Å². The van der Waals surface area contributed by atoms with Crippen LogP contribution >= 0.6 is 11.6 Å². The number of nitrogens with one attached hydrogen (secondary N) is 1. The van der Waals surface area contributed by atoms with Crippen LogP contribution in [-0.2, 0) is 0 Å². The minimum atomic E-state index is -0.462. The largest absolute Gasteiger partial charge is 0.459 e. The van der Waals surface area contributed by atoms with Gasteiger partial charge in [-0.2, -0.15) is 0 Å². The number of amides is 3. The Hall–Kier alpha value is -3.38. The van der Waals surface area contributed by atoms with Crippen LogP contribution in [0.4, 0.5) is 11.4 Å². The molecule has 0 bridgehead atoms. The number of imide groups is 1. The molecular weight excluding hydrogens is 368 g/mol. The van der Waals surface area contributed by atoms with Crippen LogP contribution in [0.5, 0.6) is 0 Å². The molecule has 3 aromatic rings. The lowest BCUT2D eigenvalue weighted by atomic mass is 10.1. The Bertz CT molecular complexity index is 1090. The molecule has 0 radical (unpaired) electrons. The van der Waals surface area contributed by atoms with Gasteiger partial charge in [-0.05, 0) is 55.0 Å². The molecule has 3 amide bonds. The Balaban J connectivity index is 1.64. The number of furan rings is 1. The molecule has 4 rings (SSSR count). The van der Waals surface area contributed by atoms with E-state index in [1.165, 1.54) is 6.26 Å². The van der Waals surface area contributed by atoms with E-state index in [1.807, 2.05) is 0 Å². The Morgan fingerprint density at radius 3 is 2.56 bits per heavy atom. The smallest absolute Gasteiger partial charge is 0.291 e. The van der Waals surface area contributed by atoms with Gasteiger partial charge < -0.3 is 9.73 Å². The predicted molar refractivity (Wildman–Crippen MR) is 100 cm³/mol. The molecule has 0 unspecified atom stereocenters. The first-order valence-electron chi connectivity index (χ1n) is 8.10. The number of aryl methyl sites for hydroxylation is 1. The Morgan fingerprint density at radius 1 is 1.07 bits per heavy atom. The van der Waals surface area contributed by atoms with Gasteiger partial charge in [-0.1, -0.05) is 17.7 Å². The third-order valence-corrected chi connectivity index (χ3v) is 4.62. The van der Waals surface area contributed by atoms with E-state index in [4.69, 9.17) is 16.0 Å². The zero-order chi connectivity index (χ0) is 19.1. The number of fused-ring (bicyclic) bond motifs is 1. The molecule has 1 aliphatic rings. The summed E-state index contributed by atoms with van der Waals surface area (Å²) in [7, 11) is 0. The van der Waals surface area contributed by atoms with Crippen LogP contribution < -0.4 is 10.2 Å². The normalized spacial score (nSPS) is 13.0. The molecular formula is C20H13ClN2O4. The Morgan fingerprint density at radius 2 is 1.89 bits per heavy atom. The molecule has 7 heteroatoms. The fourth-order valence-electron chi connectivity index (χ4n) is 3.05. The third kappa shape index (κ3) is 2.80. The van der Waals surface area contributed by atoms with Gasteiger partial charge in [-0.15, -0.1) is 0 Å². The predicted octanol–water partition coefficient (Wildman–Crippen LogP) is 4.29. The summed E-state index contributed by atoms with van der Waals surface area (Å²) in [5.41, 5.74) is 2.10. The summed E-state index contributed by atoms with van der Waals surface area (Å²) in [5, 5.41) is 2.95. The lowest BCUT2D eigenvalue weighted by Crippen LogP contribution is -2.30. The fourth-order valence-corrected chi connectivity index (χ4v) is 3.30. The zero-order valence-electron chi connectivity index (χ0n) is 14.2. The van der Waals surface area contributed by atoms with Crippen molar-refractivity contribution in [2.75, 3.05) is 10.2 Å². The highest BCUT2D eigenvalue weighted by Gasteiger charge is 2.38. The van der Waals surface area contributed by atoms with E-state index in [2.05, 4.69) is 5.32 Å². The van der Waals surface area contributed by atoms with Crippen LogP contribution in [0, 0.1) is 6.92 Å². The second-order valence-corrected chi connectivity index (χ2v) is 6.45. The standard InChI is InChI=1S/C20H13ClN2O4/c1-11-10-12(22-18(24)16-6-3-9-27-16)7-8-15(11)23-19(25)13-4-2-5-14(21)17(13)20(23)26/h2-10H,1H3,(H,22,24). The molecule has 0 aliphatic carbocycles. The van der Waals surface area contributed by atoms with Crippen molar-refractivity contribution >= 4 is 40.7 Å². The van der Waals surface area contributed by atoms with E-state index in [0.717, 1.165) is 4.90 Å². The van der Waals surface area contributed by atoms with Gasteiger partial charge in [-0.3, -0.25) is 14.4 Å². The van der Waals surface area contributed by atoms with Crippen molar-refractivity contribution in [3.63, 3.8) is 0 Å². The average Bonchev–Trinajstić information content (AvgIpc) is 3.25. The second kappa shape index (κ2) is 6.41. The number of rotatable bonds is 3. The van der Waals surface area contributed by atoms with Crippen molar-refractivity contribution in [2.45, 2.75) is 6.92 Å². The first-order valence-corrected chi connectivity index (χ1v) is 8.48. The highest BCUT2D eigenvalue weighted by Crippen LogP contribution is 2.34. The lowest BCUT2D eigenvalue weighted by molar-refractivity contribution is 0.0924. The van der Waals surface area contributed by atoms with Crippen LogP contribution in [0.1, 0.15) is 36.8 Å². The number of benzene rings is 2. The van der Waals surface area contributed by atoms with Crippen LogP contribution in [0.25, 0.3) is 0 Å². The highest BCUT2D eigenvalue weighted by molar-refractivity contribution is 6.42. The zero-order valence-corrected chi connectivity index (χ0v) is 14.9. The van der Waals surface area contributed by atoms with Gasteiger partial charge in [0, 0.05) is 5.69 Å². The summed E-state index contributed by atoms with van der Waals surface area (Å²) in [5.74, 6) is -1.09. The quantitative estimate of drug-likeness (QED) is 0.687. The molecule has 0 saturated carbocycles. The second-order valence-electron chi connectivity index (χ2n) is 6.04. The summed E-state index contributed by atoms with van der Waals surface area (Å²) >= 11 is 6.10. The van der Waals surface area contributed by atoms with Crippen molar-refractivity contribution < 1.29 is 18.8 Å². The molecule has 0 atom stereocenters. The number of carbonyl (C=O) groups is 3. The third-order valence-electron chi connectivity index (χ3n) is 4.30. The van der Waals surface area contributed by atoms with Crippen molar-refractivity contribution in [2.24, 2.45) is 0 Å². The summed E-state index contributed by atoms with van der Waals surface area (Å²) in [4.78, 5) is 38.6. The van der Waals surface area contributed by atoms with Gasteiger partial charge in [0.1, 0.15) is 0 Å². The van der Waals surface area contributed by atoms with E-state index in [-0.39, 0.29) is 27.8 Å². The van der Waals surface area contributed by atoms with Gasteiger partial charge in [0.05, 0.1) is 28.1 Å². The monoisotopic (exact) mass is 380 g/mol. The van der Waals surface area contributed by atoms with Crippen LogP contribution in [0.15, 0.2) is 59.2 Å². The minimum Gasteiger partial charge on any atom is -0.459 e. The first-order chi connectivity index (χ1) is 13.0. The van der Waals surface area contributed by atoms with Gasteiger partial charge in [0.2, 0.25) is 0 Å². The van der Waals surface area contributed by atoms with Crippen molar-refractivity contribution in [1.82, 2.24) is 0 Å². The molecule has 27 heavy (non-hydrogen) atoms. The van der Waals surface area contributed by atoms with E-state index < -0.39 is 11.8 Å². The van der Waals surface area contributed by atoms with E-state index in [1.54, 1.807) is 55.5 Å². The Kier molecular flexibility index (Phi) is 4.05. The maximum Gasteiger partial charge on any atom is 0.291 e.